The molecule has 0 aromatic heterocycles. The minimum atomic E-state index is -1.00. The molecule has 0 heterocycles. The maximum absolute atomic E-state index is 14.5. The van der Waals surface area contributed by atoms with Crippen molar-refractivity contribution in [1.29, 1.82) is 0 Å². The molecular formula is C21H28F3NO3. The van der Waals surface area contributed by atoms with Crippen LogP contribution in [-0.4, -0.2) is 23.4 Å². The van der Waals surface area contributed by atoms with Gasteiger partial charge in [0.05, 0.1) is 17.9 Å². The van der Waals surface area contributed by atoms with Crippen LogP contribution in [0.5, 0.6) is 0 Å². The topological polar surface area (TPSA) is 58.6 Å². The van der Waals surface area contributed by atoms with Crippen molar-refractivity contribution in [2.75, 3.05) is 6.61 Å². The first-order valence-corrected chi connectivity index (χ1v) is 8.77. The molecule has 156 valence electrons. The minimum absolute atomic E-state index is 0.00665. The number of allylic oxidation sites excluding steroid dienone is 3. The van der Waals surface area contributed by atoms with Gasteiger partial charge in [0.15, 0.2) is 0 Å². The zero-order valence-electron chi connectivity index (χ0n) is 17.1. The number of carbonyl (C=O) groups is 1. The van der Waals surface area contributed by atoms with E-state index in [0.29, 0.717) is 0 Å². The number of ether oxygens (including phenoxy) is 1. The van der Waals surface area contributed by atoms with Gasteiger partial charge in [0, 0.05) is 0 Å². The van der Waals surface area contributed by atoms with Gasteiger partial charge >= 0.3 is 6.09 Å². The van der Waals surface area contributed by atoms with E-state index in [2.05, 4.69) is 11.9 Å². The Morgan fingerprint density at radius 1 is 1.25 bits per heavy atom. The van der Waals surface area contributed by atoms with Crippen molar-refractivity contribution >= 4 is 11.7 Å². The van der Waals surface area contributed by atoms with E-state index in [1.165, 1.54) is 6.92 Å². The van der Waals surface area contributed by atoms with Crippen LogP contribution in [0.4, 0.5) is 18.0 Å². The van der Waals surface area contributed by atoms with Crippen LogP contribution in [0, 0.1) is 11.6 Å². The maximum atomic E-state index is 14.5. The fourth-order valence-corrected chi connectivity index (χ4v) is 1.94. The number of aliphatic hydroxyl groups is 1. The molecule has 1 amide bonds. The van der Waals surface area contributed by atoms with E-state index in [4.69, 9.17) is 4.74 Å². The molecule has 1 aromatic rings. The van der Waals surface area contributed by atoms with Crippen molar-refractivity contribution in [3.8, 4) is 0 Å². The van der Waals surface area contributed by atoms with Gasteiger partial charge in [-0.1, -0.05) is 26.5 Å². The third-order valence-corrected chi connectivity index (χ3v) is 3.17. The largest absolute Gasteiger partial charge is 0.444 e. The maximum Gasteiger partial charge on any atom is 0.412 e. The molecule has 1 aromatic carbocycles. The fraction of sp³-hybridized carbons (Fsp3) is 0.381. The van der Waals surface area contributed by atoms with Crippen LogP contribution in [0.15, 0.2) is 48.0 Å². The van der Waals surface area contributed by atoms with Crippen LogP contribution in [-0.2, 0) is 4.74 Å². The van der Waals surface area contributed by atoms with Crippen molar-refractivity contribution in [2.45, 2.75) is 47.1 Å². The average molecular weight is 399 g/mol. The first-order chi connectivity index (χ1) is 13.0. The lowest BCUT2D eigenvalue weighted by Gasteiger charge is -2.21. The van der Waals surface area contributed by atoms with Crippen LogP contribution >= 0.6 is 0 Å². The highest BCUT2D eigenvalue weighted by Gasteiger charge is 2.19. The molecule has 0 saturated heterocycles. The quantitative estimate of drug-likeness (QED) is 0.629. The molecule has 0 atom stereocenters. The highest BCUT2D eigenvalue weighted by atomic mass is 19.1. The second-order valence-corrected chi connectivity index (χ2v) is 6.52. The summed E-state index contributed by atoms with van der Waals surface area (Å²) in [5.74, 6) is -2.85. The lowest BCUT2D eigenvalue weighted by atomic mass is 10.0. The smallest absolute Gasteiger partial charge is 0.412 e. The monoisotopic (exact) mass is 399 g/mol. The van der Waals surface area contributed by atoms with E-state index in [1.807, 2.05) is 13.8 Å². The Balaban J connectivity index is 0.00000352. The van der Waals surface area contributed by atoms with Crippen LogP contribution < -0.4 is 5.32 Å². The first kappa shape index (κ1) is 25.5. The number of halogens is 3. The van der Waals surface area contributed by atoms with Crippen LogP contribution in [0.3, 0.4) is 0 Å². The number of hydrogen-bond acceptors (Lipinski definition) is 3. The summed E-state index contributed by atoms with van der Waals surface area (Å²) in [6.45, 7) is 13.1. The Hall–Kier alpha value is -2.54. The molecule has 0 aliphatic rings. The summed E-state index contributed by atoms with van der Waals surface area (Å²) in [7, 11) is 0. The van der Waals surface area contributed by atoms with E-state index in [0.717, 1.165) is 24.3 Å². The molecule has 0 unspecified atom stereocenters. The summed E-state index contributed by atoms with van der Waals surface area (Å²) in [6, 6.07) is 3.18. The molecular weight excluding hydrogens is 371 g/mol. The zero-order chi connectivity index (χ0) is 22.1. The van der Waals surface area contributed by atoms with Gasteiger partial charge in [-0.15, -0.1) is 0 Å². The van der Waals surface area contributed by atoms with Crippen molar-refractivity contribution in [3.05, 3.63) is 65.1 Å². The van der Waals surface area contributed by atoms with Gasteiger partial charge in [-0.3, -0.25) is 5.32 Å². The van der Waals surface area contributed by atoms with E-state index < -0.39 is 41.3 Å². The van der Waals surface area contributed by atoms with Gasteiger partial charge < -0.3 is 9.84 Å². The van der Waals surface area contributed by atoms with Gasteiger partial charge in [-0.2, -0.15) is 0 Å². The van der Waals surface area contributed by atoms with E-state index in [1.54, 1.807) is 20.8 Å². The Bertz CT molecular complexity index is 742. The molecule has 7 heteroatoms. The summed E-state index contributed by atoms with van der Waals surface area (Å²) in [4.78, 5) is 11.9. The minimum Gasteiger partial charge on any atom is -0.444 e. The SMILES string of the molecule is C=C(CO)/C(=C\C(F)=C(/C)c1c(F)cccc1F)NC(=O)OC(C)(C)C.CC. The van der Waals surface area contributed by atoms with Gasteiger partial charge in [0.1, 0.15) is 23.1 Å². The van der Waals surface area contributed by atoms with E-state index in [-0.39, 0.29) is 16.8 Å². The van der Waals surface area contributed by atoms with Gasteiger partial charge in [0.2, 0.25) is 0 Å². The number of nitrogens with one attached hydrogen (secondary N) is 1. The first-order valence-electron chi connectivity index (χ1n) is 8.77. The number of hydrogen-bond donors (Lipinski definition) is 2. The molecule has 0 spiro atoms. The second kappa shape index (κ2) is 11.3. The highest BCUT2D eigenvalue weighted by Crippen LogP contribution is 2.26. The predicted molar refractivity (Wildman–Crippen MR) is 105 cm³/mol. The summed E-state index contributed by atoms with van der Waals surface area (Å²) in [5.41, 5.74) is -1.80. The molecule has 0 fully saturated rings. The van der Waals surface area contributed by atoms with Crippen molar-refractivity contribution in [1.82, 2.24) is 5.32 Å². The highest BCUT2D eigenvalue weighted by molar-refractivity contribution is 5.73. The fourth-order valence-electron chi connectivity index (χ4n) is 1.94. The molecule has 0 radical (unpaired) electrons. The third kappa shape index (κ3) is 8.00. The molecule has 1 rings (SSSR count). The Kier molecular flexibility index (Phi) is 10.3. The predicted octanol–water partition coefficient (Wildman–Crippen LogP) is 5.65. The van der Waals surface area contributed by atoms with Gasteiger partial charge in [-0.05, 0) is 57.0 Å². The molecule has 0 bridgehead atoms. The number of rotatable bonds is 5. The summed E-state index contributed by atoms with van der Waals surface area (Å²) >= 11 is 0. The van der Waals surface area contributed by atoms with Gasteiger partial charge in [-0.25, -0.2) is 18.0 Å². The Morgan fingerprint density at radius 3 is 2.18 bits per heavy atom. The van der Waals surface area contributed by atoms with Crippen molar-refractivity contribution in [3.63, 3.8) is 0 Å². The third-order valence-electron chi connectivity index (χ3n) is 3.17. The van der Waals surface area contributed by atoms with E-state index in [9.17, 15) is 23.1 Å². The number of amides is 1. The Labute approximate surface area is 164 Å². The van der Waals surface area contributed by atoms with Crippen LogP contribution in [0.1, 0.15) is 47.1 Å². The van der Waals surface area contributed by atoms with Crippen LogP contribution in [0.25, 0.3) is 5.57 Å². The molecule has 4 nitrogen and oxygen atoms in total. The summed E-state index contributed by atoms with van der Waals surface area (Å²) in [5, 5.41) is 11.5. The standard InChI is InChI=1S/C19H22F3NO3.C2H6/c1-11(10-24)16(23-18(25)26-19(3,4)5)9-15(22)12(2)17-13(20)7-6-8-14(17)21;1-2/h6-9,24H,1,10H2,2-5H3,(H,23,25);1-2H3/b15-12-,16-9+;. The number of benzene rings is 1. The average Bonchev–Trinajstić information content (AvgIpc) is 2.60. The van der Waals surface area contributed by atoms with E-state index >= 15 is 0 Å². The lowest BCUT2D eigenvalue weighted by molar-refractivity contribution is 0.0546. The lowest BCUT2D eigenvalue weighted by Crippen LogP contribution is -2.32. The van der Waals surface area contributed by atoms with Crippen LogP contribution in [0.2, 0.25) is 0 Å². The number of aliphatic hydroxyl groups excluding tert-OH is 1. The molecule has 0 aliphatic carbocycles. The molecule has 28 heavy (non-hydrogen) atoms. The molecule has 2 N–H and O–H groups in total. The Morgan fingerprint density at radius 2 is 1.75 bits per heavy atom. The zero-order valence-corrected chi connectivity index (χ0v) is 17.1. The summed E-state index contributed by atoms with van der Waals surface area (Å²) in [6.07, 6.45) is -0.0650. The number of carbonyl (C=O) groups excluding carboxylic acids is 1. The second-order valence-electron chi connectivity index (χ2n) is 6.52. The summed E-state index contributed by atoms with van der Waals surface area (Å²) < 4.78 is 47.2. The number of alkyl carbamates (subject to hydrolysis) is 1. The molecule has 0 saturated carbocycles. The van der Waals surface area contributed by atoms with Crippen molar-refractivity contribution in [2.24, 2.45) is 0 Å². The van der Waals surface area contributed by atoms with Crippen molar-refractivity contribution < 1.29 is 27.8 Å². The molecule has 0 aliphatic heterocycles. The normalized spacial score (nSPS) is 12.4. The van der Waals surface area contributed by atoms with Gasteiger partial charge in [0.25, 0.3) is 0 Å².